The molecule has 0 aromatic rings. The fourth-order valence-corrected chi connectivity index (χ4v) is 8.24. The molecule has 0 unspecified atom stereocenters. The Morgan fingerprint density at radius 2 is 1.33 bits per heavy atom. The van der Waals surface area contributed by atoms with Crippen molar-refractivity contribution in [3.05, 3.63) is 0 Å². The number of rotatable bonds is 7. The lowest BCUT2D eigenvalue weighted by molar-refractivity contribution is 0.450. The minimum Gasteiger partial charge on any atom is -0.375 e. The van der Waals surface area contributed by atoms with Crippen LogP contribution in [0, 0.1) is 0 Å². The summed E-state index contributed by atoms with van der Waals surface area (Å²) in [7, 11) is -6.28. The van der Waals surface area contributed by atoms with Crippen LogP contribution in [0.5, 0.6) is 0 Å². The van der Waals surface area contributed by atoms with Gasteiger partial charge in [0.2, 0.25) is 10.0 Å². The Morgan fingerprint density at radius 3 is 1.56 bits per heavy atom. The summed E-state index contributed by atoms with van der Waals surface area (Å²) in [6, 6.07) is 0. The van der Waals surface area contributed by atoms with E-state index >= 15 is 0 Å². The van der Waals surface area contributed by atoms with Crippen molar-refractivity contribution < 1.29 is 16.8 Å². The smallest absolute Gasteiger partial charge is 0.211 e. The predicted octanol–water partition coefficient (Wildman–Crippen LogP) is 2.85. The number of sulfonamides is 1. The molecule has 0 heterocycles. The zero-order valence-corrected chi connectivity index (χ0v) is 16.4. The number of nitrogens with zero attached hydrogens (tertiary/aromatic N) is 1. The average molecular weight is 332 g/mol. The third-order valence-electron chi connectivity index (χ3n) is 1.63. The summed E-state index contributed by atoms with van der Waals surface area (Å²) in [5.74, 6) is 0. The van der Waals surface area contributed by atoms with Gasteiger partial charge in [0.05, 0.1) is 12.5 Å². The van der Waals surface area contributed by atoms with Gasteiger partial charge >= 0.3 is 0 Å². The standard InChI is InChI=1S/C9H26NO4PSSi2/c1-10(16(2,11)12)9-15(13-17(3,4)5)14-18(6,7)8/h9H2,1-8H3. The molecule has 110 valence electrons. The Hall–Kier alpha value is 0.694. The molecule has 0 spiro atoms. The SMILES string of the molecule is CN(CP(O[Si](C)(C)C)O[Si](C)(C)C)S(C)(=O)=O. The molecule has 0 atom stereocenters. The molecule has 0 saturated carbocycles. The van der Waals surface area contributed by atoms with Gasteiger partial charge in [-0.3, -0.25) is 0 Å². The molecule has 0 aromatic heterocycles. The van der Waals surface area contributed by atoms with Crippen molar-refractivity contribution in [2.75, 3.05) is 19.6 Å². The highest BCUT2D eigenvalue weighted by molar-refractivity contribution is 7.88. The van der Waals surface area contributed by atoms with Crippen LogP contribution in [0.25, 0.3) is 0 Å². The first-order chi connectivity index (χ1) is 7.71. The summed E-state index contributed by atoms with van der Waals surface area (Å²) in [6.45, 7) is 12.5. The summed E-state index contributed by atoms with van der Waals surface area (Å²) in [5.41, 5.74) is 0. The quantitative estimate of drug-likeness (QED) is 0.532. The van der Waals surface area contributed by atoms with E-state index in [4.69, 9.17) is 8.43 Å². The van der Waals surface area contributed by atoms with Crippen molar-refractivity contribution in [3.8, 4) is 0 Å². The van der Waals surface area contributed by atoms with E-state index in [1.165, 1.54) is 10.6 Å². The van der Waals surface area contributed by atoms with Gasteiger partial charge < -0.3 is 8.43 Å². The lowest BCUT2D eigenvalue weighted by Gasteiger charge is -2.32. The van der Waals surface area contributed by atoms with E-state index < -0.39 is 35.0 Å². The summed E-state index contributed by atoms with van der Waals surface area (Å²) in [4.78, 5) is 0. The number of hydrogen-bond donors (Lipinski definition) is 0. The van der Waals surface area contributed by atoms with Gasteiger partial charge in [-0.15, -0.1) is 0 Å². The van der Waals surface area contributed by atoms with Crippen LogP contribution in [-0.2, 0) is 18.4 Å². The van der Waals surface area contributed by atoms with Crippen LogP contribution in [0.15, 0.2) is 0 Å². The molecule has 0 aliphatic carbocycles. The van der Waals surface area contributed by atoms with Crippen LogP contribution in [0.1, 0.15) is 0 Å². The zero-order valence-electron chi connectivity index (χ0n) is 12.6. The van der Waals surface area contributed by atoms with Crippen molar-refractivity contribution in [2.24, 2.45) is 0 Å². The van der Waals surface area contributed by atoms with Crippen LogP contribution >= 0.6 is 8.38 Å². The fraction of sp³-hybridized carbons (Fsp3) is 1.00. The van der Waals surface area contributed by atoms with Crippen molar-refractivity contribution >= 4 is 35.0 Å². The van der Waals surface area contributed by atoms with Gasteiger partial charge in [0, 0.05) is 7.05 Å². The van der Waals surface area contributed by atoms with E-state index in [1.54, 1.807) is 7.05 Å². The Bertz CT molecular complexity index is 348. The van der Waals surface area contributed by atoms with Crippen LogP contribution in [0.3, 0.4) is 0 Å². The average Bonchev–Trinajstić information content (AvgIpc) is 1.94. The second-order valence-electron chi connectivity index (χ2n) is 6.24. The van der Waals surface area contributed by atoms with Crippen molar-refractivity contribution in [1.29, 1.82) is 0 Å². The second kappa shape index (κ2) is 6.43. The highest BCUT2D eigenvalue weighted by Gasteiger charge is 2.30. The fourth-order valence-electron chi connectivity index (χ4n) is 0.955. The highest BCUT2D eigenvalue weighted by Crippen LogP contribution is 2.44. The van der Waals surface area contributed by atoms with E-state index in [-0.39, 0.29) is 0 Å². The topological polar surface area (TPSA) is 55.8 Å². The molecule has 5 nitrogen and oxygen atoms in total. The van der Waals surface area contributed by atoms with Crippen LogP contribution in [0.2, 0.25) is 39.3 Å². The molecule has 0 rings (SSSR count). The summed E-state index contributed by atoms with van der Waals surface area (Å²) in [6.07, 6.45) is 1.51. The highest BCUT2D eigenvalue weighted by atomic mass is 32.2. The molecule has 9 heteroatoms. The Morgan fingerprint density at radius 1 is 1.00 bits per heavy atom. The van der Waals surface area contributed by atoms with Crippen molar-refractivity contribution in [2.45, 2.75) is 39.3 Å². The summed E-state index contributed by atoms with van der Waals surface area (Å²) < 4.78 is 36.2. The summed E-state index contributed by atoms with van der Waals surface area (Å²) >= 11 is 0. The predicted molar refractivity (Wildman–Crippen MR) is 83.3 cm³/mol. The molecule has 0 saturated heterocycles. The largest absolute Gasteiger partial charge is 0.375 e. The number of hydrogen-bond acceptors (Lipinski definition) is 4. The van der Waals surface area contributed by atoms with E-state index in [2.05, 4.69) is 39.3 Å². The Kier molecular flexibility index (Phi) is 6.68. The van der Waals surface area contributed by atoms with Gasteiger partial charge in [-0.1, -0.05) is 0 Å². The first kappa shape index (κ1) is 18.7. The minimum atomic E-state index is -3.19. The molecular formula is C9H26NO4PSSi2. The maximum atomic E-state index is 11.4. The van der Waals surface area contributed by atoms with E-state index in [0.29, 0.717) is 6.29 Å². The summed E-state index contributed by atoms with van der Waals surface area (Å²) in [5, 5.41) is 0. The minimum absolute atomic E-state index is 0.308. The molecule has 0 fully saturated rings. The third kappa shape index (κ3) is 9.60. The van der Waals surface area contributed by atoms with Gasteiger partial charge in [-0.05, 0) is 39.3 Å². The molecule has 0 radical (unpaired) electrons. The molecular weight excluding hydrogens is 305 g/mol. The van der Waals surface area contributed by atoms with E-state index in [1.807, 2.05) is 0 Å². The monoisotopic (exact) mass is 331 g/mol. The Labute approximate surface area is 115 Å². The molecule has 0 N–H and O–H groups in total. The van der Waals surface area contributed by atoms with E-state index in [9.17, 15) is 8.42 Å². The lowest BCUT2D eigenvalue weighted by Crippen LogP contribution is -2.33. The zero-order chi connectivity index (χ0) is 14.8. The van der Waals surface area contributed by atoms with Gasteiger partial charge in [-0.2, -0.15) is 4.31 Å². The lowest BCUT2D eigenvalue weighted by atomic mass is 11.2. The first-order valence-electron chi connectivity index (χ1n) is 5.78. The molecule has 0 bridgehead atoms. The normalized spacial score (nSPS) is 14.6. The van der Waals surface area contributed by atoms with Crippen LogP contribution < -0.4 is 0 Å². The molecule has 0 aliphatic rings. The van der Waals surface area contributed by atoms with Crippen molar-refractivity contribution in [3.63, 3.8) is 0 Å². The molecule has 0 aliphatic heterocycles. The maximum absolute atomic E-state index is 11.4. The van der Waals surface area contributed by atoms with Gasteiger partial charge in [-0.25, -0.2) is 8.42 Å². The second-order valence-corrected chi connectivity index (χ2v) is 19.2. The first-order valence-corrected chi connectivity index (χ1v) is 15.8. The van der Waals surface area contributed by atoms with Crippen molar-refractivity contribution in [1.82, 2.24) is 4.31 Å². The molecule has 0 aromatic carbocycles. The van der Waals surface area contributed by atoms with Crippen LogP contribution in [0.4, 0.5) is 0 Å². The van der Waals surface area contributed by atoms with Gasteiger partial charge in [0.25, 0.3) is 0 Å². The van der Waals surface area contributed by atoms with Gasteiger partial charge in [0.1, 0.15) is 0 Å². The maximum Gasteiger partial charge on any atom is 0.211 e. The Balaban J connectivity index is 4.78. The van der Waals surface area contributed by atoms with E-state index in [0.717, 1.165) is 0 Å². The molecule has 18 heavy (non-hydrogen) atoms. The molecule has 0 amide bonds. The van der Waals surface area contributed by atoms with Crippen LogP contribution in [-0.4, -0.2) is 48.9 Å². The third-order valence-corrected chi connectivity index (χ3v) is 9.75. The van der Waals surface area contributed by atoms with Gasteiger partial charge in [0.15, 0.2) is 25.0 Å².